The van der Waals surface area contributed by atoms with Gasteiger partial charge < -0.3 is 9.13 Å². The first-order chi connectivity index (χ1) is 29.3. The minimum absolute atomic E-state index is 0.0179. The van der Waals surface area contributed by atoms with E-state index in [0.29, 0.717) is 0 Å². The summed E-state index contributed by atoms with van der Waals surface area (Å²) in [6, 6.07) is 49.0. The van der Waals surface area contributed by atoms with E-state index in [-0.39, 0.29) is 16.2 Å². The van der Waals surface area contributed by atoms with E-state index in [1.165, 1.54) is 74.0 Å². The maximum absolute atomic E-state index is 5.59. The quantitative estimate of drug-likeness (QED) is 0.174. The number of hydrogen-bond acceptors (Lipinski definition) is 3. The van der Waals surface area contributed by atoms with Crippen LogP contribution in [0.1, 0.15) is 97.5 Å². The standard InChI is InChI=1S/C56H55N5/c1-54(2,3)37-26-28-49-43(31-37)44-32-38(55(4,5)6)27-29-50(44)61(49)48-23-15-11-19-42(48)52-57-51(58-53(59-52)56(7)33-35-24-25-36(30-35)34-56)41-18-10-14-22-47(41)60-45-20-12-8-16-39(45)40-17-9-13-21-46(40)60/h8-23,26-29,31-32,35-36H,24-25,30,33-34H2,1-7H3/t35-,36+,56?. The highest BCUT2D eigenvalue weighted by molar-refractivity contribution is 6.11. The molecular formula is C56H55N5. The fourth-order valence-corrected chi connectivity index (χ4v) is 11.1. The summed E-state index contributed by atoms with van der Waals surface area (Å²) in [5.41, 5.74) is 11.4. The Morgan fingerprint density at radius 2 is 0.885 bits per heavy atom. The average molecular weight is 798 g/mol. The molecule has 2 fully saturated rings. The summed E-state index contributed by atoms with van der Waals surface area (Å²) >= 11 is 0. The van der Waals surface area contributed by atoms with Gasteiger partial charge in [0.05, 0.1) is 33.4 Å². The van der Waals surface area contributed by atoms with Crippen LogP contribution in [0.2, 0.25) is 0 Å². The predicted octanol–water partition coefficient (Wildman–Crippen LogP) is 14.5. The lowest BCUT2D eigenvalue weighted by Gasteiger charge is -2.36. The number of aromatic nitrogens is 5. The van der Waals surface area contributed by atoms with Crippen LogP contribution in [0.25, 0.3) is 77.8 Å². The van der Waals surface area contributed by atoms with E-state index in [2.05, 4.69) is 191 Å². The van der Waals surface area contributed by atoms with Gasteiger partial charge in [-0.1, -0.05) is 134 Å². The Labute approximate surface area is 359 Å². The van der Waals surface area contributed by atoms with Crippen LogP contribution >= 0.6 is 0 Å². The summed E-state index contributed by atoms with van der Waals surface area (Å²) in [6.07, 6.45) is 6.18. The minimum Gasteiger partial charge on any atom is -0.309 e. The third kappa shape index (κ3) is 6.22. The molecule has 3 heterocycles. The molecule has 304 valence electrons. The number of fused-ring (bicyclic) bond motifs is 8. The Hall–Kier alpha value is -6.07. The molecule has 3 aromatic heterocycles. The van der Waals surface area contributed by atoms with Gasteiger partial charge in [0.15, 0.2) is 11.6 Å². The lowest BCUT2D eigenvalue weighted by molar-refractivity contribution is 0.221. The van der Waals surface area contributed by atoms with Gasteiger partial charge in [0.1, 0.15) is 5.82 Å². The number of benzene rings is 6. The van der Waals surface area contributed by atoms with Crippen molar-refractivity contribution in [3.63, 3.8) is 0 Å². The summed E-state index contributed by atoms with van der Waals surface area (Å²) in [5.74, 6) is 3.80. The molecule has 2 aliphatic carbocycles. The molecule has 0 spiro atoms. The van der Waals surface area contributed by atoms with Crippen LogP contribution in [-0.4, -0.2) is 24.1 Å². The second-order valence-electron chi connectivity index (χ2n) is 20.5. The summed E-state index contributed by atoms with van der Waals surface area (Å²) in [6.45, 7) is 16.2. The van der Waals surface area contributed by atoms with Gasteiger partial charge in [-0.2, -0.15) is 0 Å². The van der Waals surface area contributed by atoms with Crippen LogP contribution < -0.4 is 0 Å². The van der Waals surface area contributed by atoms with Gasteiger partial charge in [0.2, 0.25) is 0 Å². The van der Waals surface area contributed by atoms with Gasteiger partial charge >= 0.3 is 0 Å². The molecule has 0 aliphatic heterocycles. The number of hydrogen-bond donors (Lipinski definition) is 0. The van der Waals surface area contributed by atoms with Crippen molar-refractivity contribution in [1.29, 1.82) is 0 Å². The summed E-state index contributed by atoms with van der Waals surface area (Å²) in [4.78, 5) is 16.7. The van der Waals surface area contributed by atoms with Crippen molar-refractivity contribution >= 4 is 43.6 Å². The molecule has 9 aromatic rings. The molecule has 6 aromatic carbocycles. The molecule has 61 heavy (non-hydrogen) atoms. The second kappa shape index (κ2) is 13.7. The normalized spacial score (nSPS) is 19.5. The Morgan fingerprint density at radius 3 is 1.34 bits per heavy atom. The molecule has 0 saturated heterocycles. The van der Waals surface area contributed by atoms with E-state index in [0.717, 1.165) is 64.7 Å². The van der Waals surface area contributed by atoms with E-state index in [4.69, 9.17) is 15.0 Å². The smallest absolute Gasteiger partial charge is 0.165 e. The highest BCUT2D eigenvalue weighted by Crippen LogP contribution is 2.51. The topological polar surface area (TPSA) is 48.5 Å². The van der Waals surface area contributed by atoms with Gasteiger partial charge in [-0.15, -0.1) is 0 Å². The van der Waals surface area contributed by atoms with E-state index < -0.39 is 0 Å². The van der Waals surface area contributed by atoms with E-state index in [9.17, 15) is 0 Å². The molecule has 0 radical (unpaired) electrons. The molecular weight excluding hydrogens is 743 g/mol. The lowest BCUT2D eigenvalue weighted by atomic mass is 9.69. The first-order valence-corrected chi connectivity index (χ1v) is 22.4. The summed E-state index contributed by atoms with van der Waals surface area (Å²) in [5, 5.41) is 5.01. The van der Waals surface area contributed by atoms with Crippen LogP contribution in [0.3, 0.4) is 0 Å². The van der Waals surface area contributed by atoms with Crippen LogP contribution in [0.5, 0.6) is 0 Å². The van der Waals surface area contributed by atoms with Gasteiger partial charge in [-0.25, -0.2) is 15.0 Å². The molecule has 2 bridgehead atoms. The molecule has 0 N–H and O–H groups in total. The fourth-order valence-electron chi connectivity index (χ4n) is 11.1. The van der Waals surface area contributed by atoms with Crippen molar-refractivity contribution in [3.8, 4) is 34.2 Å². The molecule has 5 nitrogen and oxygen atoms in total. The molecule has 2 aliphatic rings. The van der Waals surface area contributed by atoms with Gasteiger partial charge in [-0.3, -0.25) is 0 Å². The molecule has 5 heteroatoms. The Balaban J connectivity index is 1.17. The van der Waals surface area contributed by atoms with Gasteiger partial charge in [-0.05, 0) is 114 Å². The Kier molecular flexibility index (Phi) is 8.52. The zero-order valence-corrected chi connectivity index (χ0v) is 36.6. The zero-order chi connectivity index (χ0) is 41.8. The monoisotopic (exact) mass is 797 g/mol. The SMILES string of the molecule is CC(C)(C)c1ccc2c(c1)c1cc(C(C)(C)C)ccc1n2-c1ccccc1-c1nc(-c2ccccc2-n2c3ccccc3c3ccccc32)nc(C2(C)C[C@@H]3CC[C@@H](C3)C2)n1. The first-order valence-electron chi connectivity index (χ1n) is 22.4. The van der Waals surface area contributed by atoms with Crippen molar-refractivity contribution in [3.05, 3.63) is 150 Å². The number of para-hydroxylation sites is 4. The lowest BCUT2D eigenvalue weighted by Crippen LogP contribution is -2.33. The highest BCUT2D eigenvalue weighted by Gasteiger charge is 2.44. The Morgan fingerprint density at radius 1 is 0.475 bits per heavy atom. The van der Waals surface area contributed by atoms with Crippen LogP contribution in [0.4, 0.5) is 0 Å². The Bertz CT molecular complexity index is 3050. The molecule has 2 saturated carbocycles. The molecule has 0 amide bonds. The third-order valence-corrected chi connectivity index (χ3v) is 14.2. The van der Waals surface area contributed by atoms with Crippen molar-refractivity contribution < 1.29 is 0 Å². The van der Waals surface area contributed by atoms with Crippen LogP contribution in [-0.2, 0) is 16.2 Å². The maximum atomic E-state index is 5.59. The van der Waals surface area contributed by atoms with Crippen molar-refractivity contribution in [2.24, 2.45) is 11.8 Å². The highest BCUT2D eigenvalue weighted by atomic mass is 15.1. The third-order valence-electron chi connectivity index (χ3n) is 14.2. The summed E-state index contributed by atoms with van der Waals surface area (Å²) < 4.78 is 4.85. The molecule has 3 atom stereocenters. The average Bonchev–Trinajstić information content (AvgIpc) is 3.90. The molecule has 11 rings (SSSR count). The fraction of sp³-hybridized carbons (Fsp3) is 0.304. The number of nitrogens with zero attached hydrogens (tertiary/aromatic N) is 5. The second-order valence-corrected chi connectivity index (χ2v) is 20.5. The van der Waals surface area contributed by atoms with Crippen LogP contribution in [0.15, 0.2) is 133 Å². The van der Waals surface area contributed by atoms with Crippen molar-refractivity contribution in [2.75, 3.05) is 0 Å². The summed E-state index contributed by atoms with van der Waals surface area (Å²) in [7, 11) is 0. The zero-order valence-electron chi connectivity index (χ0n) is 36.6. The van der Waals surface area contributed by atoms with Gasteiger partial charge in [0.25, 0.3) is 0 Å². The van der Waals surface area contributed by atoms with Crippen LogP contribution in [0, 0.1) is 11.8 Å². The van der Waals surface area contributed by atoms with Crippen molar-refractivity contribution in [2.45, 2.75) is 96.8 Å². The van der Waals surface area contributed by atoms with Crippen molar-refractivity contribution in [1.82, 2.24) is 24.1 Å². The minimum atomic E-state index is -0.146. The first kappa shape index (κ1) is 37.9. The maximum Gasteiger partial charge on any atom is 0.165 e. The molecule has 1 unspecified atom stereocenters. The van der Waals surface area contributed by atoms with Gasteiger partial charge in [0, 0.05) is 38.1 Å². The predicted molar refractivity (Wildman–Crippen MR) is 254 cm³/mol. The van der Waals surface area contributed by atoms with E-state index in [1.807, 2.05) is 0 Å². The van der Waals surface area contributed by atoms with E-state index in [1.54, 1.807) is 0 Å². The largest absolute Gasteiger partial charge is 0.309 e. The number of rotatable bonds is 5. The van der Waals surface area contributed by atoms with E-state index >= 15 is 0 Å².